The Kier molecular flexibility index (Phi) is 4.57. The van der Waals surface area contributed by atoms with Gasteiger partial charge in [0.2, 0.25) is 0 Å². The smallest absolute Gasteiger partial charge is 0.340 e. The molecule has 0 saturated heterocycles. The Morgan fingerprint density at radius 3 is 2.56 bits per heavy atom. The van der Waals surface area contributed by atoms with E-state index in [0.29, 0.717) is 28.7 Å². The maximum atomic E-state index is 12.4. The predicted molar refractivity (Wildman–Crippen MR) is 91.7 cm³/mol. The molecule has 0 N–H and O–H groups in total. The second kappa shape index (κ2) is 6.81. The van der Waals surface area contributed by atoms with Gasteiger partial charge in [0.15, 0.2) is 0 Å². The van der Waals surface area contributed by atoms with Gasteiger partial charge in [0, 0.05) is 12.0 Å². The standard InChI is InChI=1S/C20H18O5/c1-12-8-16(24-11-18(21)22)19-13(2)15(20(23)25-17(19)9-12)10-14-6-4-3-5-7-14/h3-9H,10-11H2,1-2H3,(H,21,22)/p-1. The van der Waals surface area contributed by atoms with Crippen molar-refractivity contribution in [3.63, 3.8) is 0 Å². The van der Waals surface area contributed by atoms with Crippen LogP contribution in [-0.4, -0.2) is 12.6 Å². The molecule has 5 heteroatoms. The average molecular weight is 337 g/mol. The maximum Gasteiger partial charge on any atom is 0.340 e. The normalized spacial score (nSPS) is 10.8. The number of ether oxygens (including phenoxy) is 1. The van der Waals surface area contributed by atoms with E-state index < -0.39 is 18.2 Å². The summed E-state index contributed by atoms with van der Waals surface area (Å²) in [4.78, 5) is 23.2. The molecule has 25 heavy (non-hydrogen) atoms. The zero-order chi connectivity index (χ0) is 18.0. The van der Waals surface area contributed by atoms with Gasteiger partial charge in [0.1, 0.15) is 17.9 Å². The van der Waals surface area contributed by atoms with Crippen LogP contribution in [0.1, 0.15) is 22.3 Å². The Bertz CT molecular complexity index is 986. The zero-order valence-electron chi connectivity index (χ0n) is 14.0. The van der Waals surface area contributed by atoms with Crippen LogP contribution >= 0.6 is 0 Å². The summed E-state index contributed by atoms with van der Waals surface area (Å²) < 4.78 is 10.8. The summed E-state index contributed by atoms with van der Waals surface area (Å²) >= 11 is 0. The number of rotatable bonds is 5. The van der Waals surface area contributed by atoms with Crippen LogP contribution in [-0.2, 0) is 11.2 Å². The van der Waals surface area contributed by atoms with Gasteiger partial charge in [-0.05, 0) is 42.7 Å². The number of fused-ring (bicyclic) bond motifs is 1. The van der Waals surface area contributed by atoms with Crippen molar-refractivity contribution in [1.29, 1.82) is 0 Å². The van der Waals surface area contributed by atoms with Gasteiger partial charge in [0.25, 0.3) is 0 Å². The van der Waals surface area contributed by atoms with Crippen molar-refractivity contribution < 1.29 is 19.1 Å². The Morgan fingerprint density at radius 2 is 1.88 bits per heavy atom. The second-order valence-corrected chi connectivity index (χ2v) is 5.95. The summed E-state index contributed by atoms with van der Waals surface area (Å²) in [5.74, 6) is -0.941. The molecule has 128 valence electrons. The van der Waals surface area contributed by atoms with Crippen LogP contribution in [0.2, 0.25) is 0 Å². The number of aliphatic carboxylic acids is 1. The predicted octanol–water partition coefficient (Wildman–Crippen LogP) is 2.13. The van der Waals surface area contributed by atoms with Gasteiger partial charge in [-0.3, -0.25) is 0 Å². The Morgan fingerprint density at radius 1 is 1.16 bits per heavy atom. The van der Waals surface area contributed by atoms with Crippen LogP contribution in [0.3, 0.4) is 0 Å². The molecule has 0 aliphatic rings. The van der Waals surface area contributed by atoms with E-state index in [1.165, 1.54) is 0 Å². The summed E-state index contributed by atoms with van der Waals surface area (Å²) in [6.45, 7) is 3.07. The molecule has 0 aliphatic heterocycles. The van der Waals surface area contributed by atoms with Gasteiger partial charge in [-0.15, -0.1) is 0 Å². The number of carbonyl (C=O) groups excluding carboxylic acids is 1. The van der Waals surface area contributed by atoms with Crippen LogP contribution in [0.25, 0.3) is 11.0 Å². The highest BCUT2D eigenvalue weighted by Gasteiger charge is 2.16. The number of aryl methyl sites for hydroxylation is 2. The summed E-state index contributed by atoms with van der Waals surface area (Å²) in [5, 5.41) is 11.3. The minimum atomic E-state index is -1.31. The van der Waals surface area contributed by atoms with Crippen molar-refractivity contribution in [3.8, 4) is 5.75 Å². The first-order valence-electron chi connectivity index (χ1n) is 7.89. The largest absolute Gasteiger partial charge is 0.546 e. The van der Waals surface area contributed by atoms with Gasteiger partial charge in [-0.25, -0.2) is 4.79 Å². The Hall–Kier alpha value is -3.08. The fraction of sp³-hybridized carbons (Fsp3) is 0.200. The van der Waals surface area contributed by atoms with Crippen LogP contribution in [0.4, 0.5) is 0 Å². The highest BCUT2D eigenvalue weighted by atomic mass is 16.5. The number of carbonyl (C=O) groups is 1. The number of hydrogen-bond donors (Lipinski definition) is 0. The minimum Gasteiger partial charge on any atom is -0.546 e. The molecule has 3 aromatic rings. The monoisotopic (exact) mass is 337 g/mol. The van der Waals surface area contributed by atoms with Gasteiger partial charge in [0.05, 0.1) is 11.4 Å². The SMILES string of the molecule is Cc1cc(OCC(=O)[O-])c2c(C)c(Cc3ccccc3)c(=O)oc2c1. The quantitative estimate of drug-likeness (QED) is 0.666. The van der Waals surface area contributed by atoms with Gasteiger partial charge < -0.3 is 19.1 Å². The number of hydrogen-bond acceptors (Lipinski definition) is 5. The molecule has 0 spiro atoms. The first kappa shape index (κ1) is 16.8. The summed E-state index contributed by atoms with van der Waals surface area (Å²) in [5.41, 5.74) is 3.03. The molecule has 0 aliphatic carbocycles. The summed E-state index contributed by atoms with van der Waals surface area (Å²) in [6, 6.07) is 13.1. The third-order valence-electron chi connectivity index (χ3n) is 4.06. The lowest BCUT2D eigenvalue weighted by atomic mass is 9.98. The molecule has 1 heterocycles. The number of benzene rings is 2. The molecule has 0 radical (unpaired) electrons. The van der Waals surface area contributed by atoms with E-state index in [1.807, 2.05) is 44.2 Å². The lowest BCUT2D eigenvalue weighted by Gasteiger charge is -2.14. The molecule has 0 unspecified atom stereocenters. The molecule has 2 aromatic carbocycles. The maximum absolute atomic E-state index is 12.4. The fourth-order valence-corrected chi connectivity index (χ4v) is 2.89. The zero-order valence-corrected chi connectivity index (χ0v) is 14.0. The third-order valence-corrected chi connectivity index (χ3v) is 4.06. The van der Waals surface area contributed by atoms with Crippen LogP contribution in [0.5, 0.6) is 5.75 Å². The molecule has 0 bridgehead atoms. The van der Waals surface area contributed by atoms with Crippen LogP contribution in [0, 0.1) is 13.8 Å². The van der Waals surface area contributed by atoms with E-state index in [0.717, 1.165) is 16.7 Å². The van der Waals surface area contributed by atoms with Crippen molar-refractivity contribution in [2.45, 2.75) is 20.3 Å². The van der Waals surface area contributed by atoms with Gasteiger partial charge in [-0.1, -0.05) is 30.3 Å². The van der Waals surface area contributed by atoms with Gasteiger partial charge >= 0.3 is 5.63 Å². The van der Waals surface area contributed by atoms with E-state index in [-0.39, 0.29) is 0 Å². The van der Waals surface area contributed by atoms with E-state index in [9.17, 15) is 14.7 Å². The lowest BCUT2D eigenvalue weighted by molar-refractivity contribution is -0.307. The molecular formula is C20H17O5-. The highest BCUT2D eigenvalue weighted by Crippen LogP contribution is 2.31. The average Bonchev–Trinajstić information content (AvgIpc) is 2.57. The lowest BCUT2D eigenvalue weighted by Crippen LogP contribution is -2.29. The molecule has 1 aromatic heterocycles. The molecular weight excluding hydrogens is 320 g/mol. The topological polar surface area (TPSA) is 79.6 Å². The molecule has 0 atom stereocenters. The van der Waals surface area contributed by atoms with E-state index in [4.69, 9.17) is 9.15 Å². The van der Waals surface area contributed by atoms with Crippen molar-refractivity contribution >= 4 is 16.9 Å². The van der Waals surface area contributed by atoms with Crippen LogP contribution in [0.15, 0.2) is 51.7 Å². The first-order valence-corrected chi connectivity index (χ1v) is 7.89. The van der Waals surface area contributed by atoms with Gasteiger partial charge in [-0.2, -0.15) is 0 Å². The summed E-state index contributed by atoms with van der Waals surface area (Å²) in [6.07, 6.45) is 0.429. The minimum absolute atomic E-state index is 0.370. The fourth-order valence-electron chi connectivity index (χ4n) is 2.89. The Labute approximate surface area is 144 Å². The second-order valence-electron chi connectivity index (χ2n) is 5.95. The Balaban J connectivity index is 2.16. The molecule has 5 nitrogen and oxygen atoms in total. The molecule has 0 amide bonds. The van der Waals surface area contributed by atoms with E-state index in [2.05, 4.69) is 0 Å². The van der Waals surface area contributed by atoms with Crippen molar-refractivity contribution in [2.75, 3.05) is 6.61 Å². The first-order chi connectivity index (χ1) is 12.0. The number of carboxylic acid groups (broad SMARTS) is 1. The van der Waals surface area contributed by atoms with Crippen molar-refractivity contribution in [1.82, 2.24) is 0 Å². The van der Waals surface area contributed by atoms with Crippen molar-refractivity contribution in [2.24, 2.45) is 0 Å². The van der Waals surface area contributed by atoms with Crippen LogP contribution < -0.4 is 15.5 Å². The van der Waals surface area contributed by atoms with E-state index >= 15 is 0 Å². The van der Waals surface area contributed by atoms with E-state index in [1.54, 1.807) is 12.1 Å². The molecule has 0 saturated carbocycles. The molecule has 3 rings (SSSR count). The number of carboxylic acids is 1. The van der Waals surface area contributed by atoms with Crippen molar-refractivity contribution in [3.05, 3.63) is 75.1 Å². The molecule has 0 fully saturated rings. The highest BCUT2D eigenvalue weighted by molar-refractivity contribution is 5.88. The summed E-state index contributed by atoms with van der Waals surface area (Å²) in [7, 11) is 0. The third kappa shape index (κ3) is 3.55.